The molecule has 1 unspecified atom stereocenters. The molecule has 0 amide bonds. The van der Waals surface area contributed by atoms with E-state index >= 15 is 0 Å². The summed E-state index contributed by atoms with van der Waals surface area (Å²) in [5.41, 5.74) is 8.34. The van der Waals surface area contributed by atoms with Gasteiger partial charge in [0.1, 0.15) is 0 Å². The van der Waals surface area contributed by atoms with Gasteiger partial charge in [-0.05, 0) is 49.4 Å². The van der Waals surface area contributed by atoms with E-state index < -0.39 is 10.0 Å². The van der Waals surface area contributed by atoms with Crippen LogP contribution in [0, 0.1) is 13.8 Å². The maximum absolute atomic E-state index is 12.5. The van der Waals surface area contributed by atoms with E-state index in [1.54, 1.807) is 6.07 Å². The molecule has 1 aromatic rings. The summed E-state index contributed by atoms with van der Waals surface area (Å²) in [6, 6.07) is 3.58. The predicted octanol–water partition coefficient (Wildman–Crippen LogP) is 2.62. The average Bonchev–Trinajstić information content (AvgIpc) is 2.37. The van der Waals surface area contributed by atoms with Gasteiger partial charge in [-0.2, -0.15) is 0 Å². The van der Waals surface area contributed by atoms with Gasteiger partial charge >= 0.3 is 0 Å². The second-order valence-electron chi connectivity index (χ2n) is 5.26. The van der Waals surface area contributed by atoms with Gasteiger partial charge in [0, 0.05) is 12.6 Å². The molecule has 1 aromatic carbocycles. The number of nitrogens with two attached hydrogens (primary N) is 1. The van der Waals surface area contributed by atoms with E-state index in [1.165, 1.54) is 0 Å². The average molecular weight is 298 g/mol. The zero-order chi connectivity index (χ0) is 15.3. The van der Waals surface area contributed by atoms with Gasteiger partial charge < -0.3 is 5.73 Å². The van der Waals surface area contributed by atoms with Crippen molar-refractivity contribution in [2.24, 2.45) is 5.73 Å². The first-order valence-corrected chi connectivity index (χ1v) is 8.66. The minimum atomic E-state index is -3.48. The first-order valence-electron chi connectivity index (χ1n) is 7.18. The van der Waals surface area contributed by atoms with Gasteiger partial charge in [0.2, 0.25) is 10.0 Å². The van der Waals surface area contributed by atoms with E-state index in [2.05, 4.69) is 11.6 Å². The van der Waals surface area contributed by atoms with E-state index in [0.29, 0.717) is 11.4 Å². The zero-order valence-corrected chi connectivity index (χ0v) is 13.7. The number of rotatable bonds is 7. The van der Waals surface area contributed by atoms with Crippen molar-refractivity contribution in [3.05, 3.63) is 28.8 Å². The molecule has 1 rings (SSSR count). The van der Waals surface area contributed by atoms with Crippen LogP contribution in [0.4, 0.5) is 0 Å². The van der Waals surface area contributed by atoms with Crippen molar-refractivity contribution in [2.45, 2.75) is 64.4 Å². The van der Waals surface area contributed by atoms with Crippen LogP contribution in [0.3, 0.4) is 0 Å². The Bertz CT molecular complexity index is 553. The molecule has 0 aliphatic rings. The first kappa shape index (κ1) is 17.1. The van der Waals surface area contributed by atoms with Crippen LogP contribution in [-0.2, 0) is 16.6 Å². The Hall–Kier alpha value is -0.910. The van der Waals surface area contributed by atoms with Crippen molar-refractivity contribution in [1.29, 1.82) is 0 Å². The topological polar surface area (TPSA) is 72.2 Å². The molecule has 1 atom stereocenters. The molecular weight excluding hydrogens is 272 g/mol. The van der Waals surface area contributed by atoms with E-state index in [-0.39, 0.29) is 6.04 Å². The predicted molar refractivity (Wildman–Crippen MR) is 83.1 cm³/mol. The van der Waals surface area contributed by atoms with Crippen LogP contribution < -0.4 is 10.5 Å². The van der Waals surface area contributed by atoms with Crippen LogP contribution in [0.15, 0.2) is 17.0 Å². The highest BCUT2D eigenvalue weighted by Crippen LogP contribution is 2.21. The van der Waals surface area contributed by atoms with Gasteiger partial charge in [-0.3, -0.25) is 0 Å². The van der Waals surface area contributed by atoms with Gasteiger partial charge in [0.25, 0.3) is 0 Å². The van der Waals surface area contributed by atoms with E-state index in [4.69, 9.17) is 5.73 Å². The smallest absolute Gasteiger partial charge is 0.241 e. The zero-order valence-electron chi connectivity index (χ0n) is 12.9. The minimum Gasteiger partial charge on any atom is -0.326 e. The lowest BCUT2D eigenvalue weighted by Gasteiger charge is -2.18. The second kappa shape index (κ2) is 7.20. The minimum absolute atomic E-state index is 0.00738. The van der Waals surface area contributed by atoms with Crippen molar-refractivity contribution in [2.75, 3.05) is 0 Å². The van der Waals surface area contributed by atoms with Gasteiger partial charge in [-0.15, -0.1) is 0 Å². The molecule has 3 N–H and O–H groups in total. The number of benzene rings is 1. The molecule has 0 radical (unpaired) electrons. The lowest BCUT2D eigenvalue weighted by molar-refractivity contribution is 0.512. The third-order valence-corrected chi connectivity index (χ3v) is 5.26. The van der Waals surface area contributed by atoms with E-state index in [1.807, 2.05) is 26.8 Å². The summed E-state index contributed by atoms with van der Waals surface area (Å²) in [5, 5.41) is 0. The summed E-state index contributed by atoms with van der Waals surface area (Å²) in [6.45, 7) is 8.17. The summed E-state index contributed by atoms with van der Waals surface area (Å²) < 4.78 is 27.9. The van der Waals surface area contributed by atoms with Gasteiger partial charge in [0.05, 0.1) is 4.90 Å². The summed E-state index contributed by atoms with van der Waals surface area (Å²) >= 11 is 0. The van der Waals surface area contributed by atoms with Crippen LogP contribution in [0.5, 0.6) is 0 Å². The Morgan fingerprint density at radius 2 is 1.85 bits per heavy atom. The lowest BCUT2D eigenvalue weighted by Crippen LogP contribution is -2.34. The normalized spacial score (nSPS) is 13.4. The molecule has 0 bridgehead atoms. The van der Waals surface area contributed by atoms with Crippen LogP contribution >= 0.6 is 0 Å². The Morgan fingerprint density at radius 1 is 1.20 bits per heavy atom. The summed E-state index contributed by atoms with van der Waals surface area (Å²) in [7, 11) is -3.48. The number of aryl methyl sites for hydroxylation is 2. The number of sulfonamides is 1. The largest absolute Gasteiger partial charge is 0.326 e. The fraction of sp³-hybridized carbons (Fsp3) is 0.600. The molecule has 0 fully saturated rings. The van der Waals surface area contributed by atoms with Crippen LogP contribution in [-0.4, -0.2) is 14.5 Å². The highest BCUT2D eigenvalue weighted by Gasteiger charge is 2.21. The maximum atomic E-state index is 12.5. The molecule has 0 saturated carbocycles. The van der Waals surface area contributed by atoms with Gasteiger partial charge in [-0.1, -0.05) is 26.3 Å². The van der Waals surface area contributed by atoms with Crippen LogP contribution in [0.1, 0.15) is 49.8 Å². The molecule has 0 aliphatic heterocycles. The number of hydrogen-bond donors (Lipinski definition) is 2. The third kappa shape index (κ3) is 4.04. The van der Waals surface area contributed by atoms with Gasteiger partial charge in [0.15, 0.2) is 0 Å². The van der Waals surface area contributed by atoms with Crippen molar-refractivity contribution < 1.29 is 8.42 Å². The standard InChI is InChI=1S/C15H26N2O2S/c1-5-7-14(6-2)17-20(18,19)15-9-13(10-16)11(3)8-12(15)4/h8-9,14,17H,5-7,10,16H2,1-4H3. The van der Waals surface area contributed by atoms with Crippen molar-refractivity contribution in [3.63, 3.8) is 0 Å². The van der Waals surface area contributed by atoms with E-state index in [9.17, 15) is 8.42 Å². The molecule has 0 spiro atoms. The monoisotopic (exact) mass is 298 g/mol. The molecule has 0 aromatic heterocycles. The Kier molecular flexibility index (Phi) is 6.17. The molecule has 0 aliphatic carbocycles. The highest BCUT2D eigenvalue weighted by atomic mass is 32.2. The van der Waals surface area contributed by atoms with Crippen molar-refractivity contribution in [3.8, 4) is 0 Å². The first-order chi connectivity index (χ1) is 9.35. The molecule has 114 valence electrons. The summed E-state index contributed by atoms with van der Waals surface area (Å²) in [6.07, 6.45) is 2.61. The fourth-order valence-corrected chi connectivity index (χ4v) is 3.99. The second-order valence-corrected chi connectivity index (χ2v) is 6.95. The van der Waals surface area contributed by atoms with Gasteiger partial charge in [-0.25, -0.2) is 13.1 Å². The van der Waals surface area contributed by atoms with Crippen LogP contribution in [0.2, 0.25) is 0 Å². The molecule has 5 heteroatoms. The number of nitrogens with one attached hydrogen (secondary N) is 1. The Morgan fingerprint density at radius 3 is 2.35 bits per heavy atom. The third-order valence-electron chi connectivity index (χ3n) is 3.59. The molecule has 20 heavy (non-hydrogen) atoms. The Balaban J connectivity index is 3.15. The van der Waals surface area contributed by atoms with Crippen molar-refractivity contribution in [1.82, 2.24) is 4.72 Å². The Labute approximate surface area is 122 Å². The molecule has 4 nitrogen and oxygen atoms in total. The van der Waals surface area contributed by atoms with Crippen LogP contribution in [0.25, 0.3) is 0 Å². The lowest BCUT2D eigenvalue weighted by atomic mass is 10.1. The SMILES string of the molecule is CCCC(CC)NS(=O)(=O)c1cc(CN)c(C)cc1C. The molecular formula is C15H26N2O2S. The molecule has 0 heterocycles. The highest BCUT2D eigenvalue weighted by molar-refractivity contribution is 7.89. The summed E-state index contributed by atoms with van der Waals surface area (Å²) in [4.78, 5) is 0.345. The maximum Gasteiger partial charge on any atom is 0.241 e. The fourth-order valence-electron chi connectivity index (χ4n) is 2.36. The summed E-state index contributed by atoms with van der Waals surface area (Å²) in [5.74, 6) is 0. The number of hydrogen-bond acceptors (Lipinski definition) is 3. The quantitative estimate of drug-likeness (QED) is 0.812. The van der Waals surface area contributed by atoms with Crippen molar-refractivity contribution >= 4 is 10.0 Å². The molecule has 0 saturated heterocycles. The van der Waals surface area contributed by atoms with E-state index in [0.717, 1.165) is 36.0 Å².